The summed E-state index contributed by atoms with van der Waals surface area (Å²) in [6.45, 7) is 5.51. The fraction of sp³-hybridized carbons (Fsp3) is 0.200. The van der Waals surface area contributed by atoms with Gasteiger partial charge in [0.05, 0.1) is 0 Å². The fourth-order valence-electron chi connectivity index (χ4n) is 1.58. The Bertz CT molecular complexity index is 574. The van der Waals surface area contributed by atoms with Gasteiger partial charge in [-0.1, -0.05) is 12.1 Å². The van der Waals surface area contributed by atoms with E-state index in [2.05, 4.69) is 4.98 Å². The van der Waals surface area contributed by atoms with Crippen LogP contribution in [0.2, 0.25) is 0 Å². The number of ether oxygens (including phenoxy) is 1. The Balaban J connectivity index is 2.23. The van der Waals surface area contributed by atoms with E-state index in [0.717, 1.165) is 16.9 Å². The SMILES string of the molecule is CC(=O)c1ccc(Oc2cc(C)ccc2C)nc1. The van der Waals surface area contributed by atoms with Crippen molar-refractivity contribution in [3.05, 3.63) is 53.2 Å². The van der Waals surface area contributed by atoms with E-state index in [0.29, 0.717) is 11.4 Å². The van der Waals surface area contributed by atoms with Crippen molar-refractivity contribution in [1.29, 1.82) is 0 Å². The second-order valence-corrected chi connectivity index (χ2v) is 4.31. The van der Waals surface area contributed by atoms with Gasteiger partial charge < -0.3 is 4.74 Å². The Morgan fingerprint density at radius 2 is 1.94 bits per heavy atom. The molecule has 2 rings (SSSR count). The Morgan fingerprint density at radius 3 is 2.56 bits per heavy atom. The molecule has 0 amide bonds. The predicted molar refractivity (Wildman–Crippen MR) is 70.2 cm³/mol. The van der Waals surface area contributed by atoms with Gasteiger partial charge in [0.2, 0.25) is 5.88 Å². The average Bonchev–Trinajstić information content (AvgIpc) is 2.34. The van der Waals surface area contributed by atoms with Gasteiger partial charge in [-0.3, -0.25) is 4.79 Å². The third kappa shape index (κ3) is 2.74. The van der Waals surface area contributed by atoms with Gasteiger partial charge in [0.15, 0.2) is 5.78 Å². The van der Waals surface area contributed by atoms with Crippen molar-refractivity contribution >= 4 is 5.78 Å². The summed E-state index contributed by atoms with van der Waals surface area (Å²) in [6.07, 6.45) is 1.53. The molecule has 92 valence electrons. The predicted octanol–water partition coefficient (Wildman–Crippen LogP) is 3.69. The van der Waals surface area contributed by atoms with E-state index < -0.39 is 0 Å². The van der Waals surface area contributed by atoms with E-state index in [1.165, 1.54) is 13.1 Å². The van der Waals surface area contributed by atoms with E-state index in [1.54, 1.807) is 12.1 Å². The van der Waals surface area contributed by atoms with E-state index in [1.807, 2.05) is 32.0 Å². The van der Waals surface area contributed by atoms with Gasteiger partial charge in [0, 0.05) is 17.8 Å². The molecule has 0 saturated heterocycles. The first-order chi connectivity index (χ1) is 8.56. The molecule has 0 aliphatic carbocycles. The molecule has 1 heterocycles. The summed E-state index contributed by atoms with van der Waals surface area (Å²) >= 11 is 0. The van der Waals surface area contributed by atoms with Crippen LogP contribution >= 0.6 is 0 Å². The second-order valence-electron chi connectivity index (χ2n) is 4.31. The Hall–Kier alpha value is -2.16. The lowest BCUT2D eigenvalue weighted by molar-refractivity contribution is 0.101. The van der Waals surface area contributed by atoms with Crippen LogP contribution in [-0.2, 0) is 0 Å². The zero-order chi connectivity index (χ0) is 13.1. The van der Waals surface area contributed by atoms with Crippen LogP contribution < -0.4 is 4.74 Å². The number of rotatable bonds is 3. The molecule has 0 aliphatic rings. The maximum absolute atomic E-state index is 11.1. The molecule has 1 aromatic heterocycles. The molecule has 0 aliphatic heterocycles. The van der Waals surface area contributed by atoms with Gasteiger partial charge in [-0.25, -0.2) is 4.98 Å². The third-order valence-electron chi connectivity index (χ3n) is 2.70. The van der Waals surface area contributed by atoms with Gasteiger partial charge in [-0.05, 0) is 44.0 Å². The molecule has 3 nitrogen and oxygen atoms in total. The first-order valence-electron chi connectivity index (χ1n) is 5.78. The number of pyridine rings is 1. The number of aromatic nitrogens is 1. The van der Waals surface area contributed by atoms with Crippen LogP contribution in [0, 0.1) is 13.8 Å². The normalized spacial score (nSPS) is 10.2. The molecule has 0 atom stereocenters. The van der Waals surface area contributed by atoms with Gasteiger partial charge in [-0.15, -0.1) is 0 Å². The summed E-state index contributed by atoms with van der Waals surface area (Å²) in [6, 6.07) is 9.44. The number of nitrogens with zero attached hydrogens (tertiary/aromatic N) is 1. The molecule has 18 heavy (non-hydrogen) atoms. The van der Waals surface area contributed by atoms with Crippen molar-refractivity contribution in [2.24, 2.45) is 0 Å². The third-order valence-corrected chi connectivity index (χ3v) is 2.70. The minimum atomic E-state index is 0.000728. The van der Waals surface area contributed by atoms with Crippen molar-refractivity contribution in [1.82, 2.24) is 4.98 Å². The fourth-order valence-corrected chi connectivity index (χ4v) is 1.58. The van der Waals surface area contributed by atoms with E-state index in [4.69, 9.17) is 4.74 Å². The number of aryl methyl sites for hydroxylation is 2. The summed E-state index contributed by atoms with van der Waals surface area (Å²) in [5, 5.41) is 0. The second kappa shape index (κ2) is 5.00. The summed E-state index contributed by atoms with van der Waals surface area (Å²) in [7, 11) is 0. The maximum atomic E-state index is 11.1. The molecular weight excluding hydrogens is 226 g/mol. The van der Waals surface area contributed by atoms with Crippen molar-refractivity contribution in [3.8, 4) is 11.6 Å². The van der Waals surface area contributed by atoms with Crippen molar-refractivity contribution in [2.45, 2.75) is 20.8 Å². The van der Waals surface area contributed by atoms with Crippen LogP contribution in [0.4, 0.5) is 0 Å². The number of benzene rings is 1. The van der Waals surface area contributed by atoms with Crippen molar-refractivity contribution in [2.75, 3.05) is 0 Å². The van der Waals surface area contributed by atoms with Gasteiger partial charge in [0.1, 0.15) is 5.75 Å². The lowest BCUT2D eigenvalue weighted by atomic mass is 10.1. The largest absolute Gasteiger partial charge is 0.439 e. The first kappa shape index (κ1) is 12.3. The molecule has 3 heteroatoms. The molecule has 0 saturated carbocycles. The Morgan fingerprint density at radius 1 is 1.17 bits per heavy atom. The molecule has 0 fully saturated rings. The average molecular weight is 241 g/mol. The highest BCUT2D eigenvalue weighted by Crippen LogP contribution is 2.24. The Kier molecular flexibility index (Phi) is 3.42. The minimum absolute atomic E-state index is 0.000728. The number of hydrogen-bond acceptors (Lipinski definition) is 3. The summed E-state index contributed by atoms with van der Waals surface area (Å²) in [5.74, 6) is 1.28. The number of carbonyl (C=O) groups is 1. The van der Waals surface area contributed by atoms with Gasteiger partial charge in [0.25, 0.3) is 0 Å². The molecule has 0 radical (unpaired) electrons. The smallest absolute Gasteiger partial charge is 0.219 e. The lowest BCUT2D eigenvalue weighted by Crippen LogP contribution is -1.95. The monoisotopic (exact) mass is 241 g/mol. The van der Waals surface area contributed by atoms with E-state index in [9.17, 15) is 4.79 Å². The van der Waals surface area contributed by atoms with Crippen LogP contribution in [-0.4, -0.2) is 10.8 Å². The van der Waals surface area contributed by atoms with Crippen LogP contribution in [0.15, 0.2) is 36.5 Å². The minimum Gasteiger partial charge on any atom is -0.439 e. The molecule has 0 unspecified atom stereocenters. The molecular formula is C15H15NO2. The molecule has 0 spiro atoms. The Labute approximate surface area is 106 Å². The van der Waals surface area contributed by atoms with Crippen LogP contribution in [0.25, 0.3) is 0 Å². The summed E-state index contributed by atoms with van der Waals surface area (Å²) in [5.41, 5.74) is 2.78. The zero-order valence-electron chi connectivity index (χ0n) is 10.7. The lowest BCUT2D eigenvalue weighted by Gasteiger charge is -2.08. The van der Waals surface area contributed by atoms with Crippen LogP contribution in [0.3, 0.4) is 0 Å². The number of ketones is 1. The zero-order valence-corrected chi connectivity index (χ0v) is 10.7. The van der Waals surface area contributed by atoms with Crippen molar-refractivity contribution < 1.29 is 9.53 Å². The van der Waals surface area contributed by atoms with Gasteiger partial charge >= 0.3 is 0 Å². The standard InChI is InChI=1S/C15H15NO2/c1-10-4-5-11(2)14(8-10)18-15-7-6-13(9-16-15)12(3)17/h4-9H,1-3H3. The highest BCUT2D eigenvalue weighted by atomic mass is 16.5. The topological polar surface area (TPSA) is 39.2 Å². The molecule has 1 aromatic carbocycles. The quantitative estimate of drug-likeness (QED) is 0.769. The maximum Gasteiger partial charge on any atom is 0.219 e. The molecule has 0 N–H and O–H groups in total. The van der Waals surface area contributed by atoms with Crippen LogP contribution in [0.5, 0.6) is 11.6 Å². The van der Waals surface area contributed by atoms with Crippen LogP contribution in [0.1, 0.15) is 28.4 Å². The molecule has 0 bridgehead atoms. The molecule has 2 aromatic rings. The summed E-state index contributed by atoms with van der Waals surface area (Å²) < 4.78 is 5.70. The number of hydrogen-bond donors (Lipinski definition) is 0. The number of carbonyl (C=O) groups excluding carboxylic acids is 1. The first-order valence-corrected chi connectivity index (χ1v) is 5.78. The summed E-state index contributed by atoms with van der Waals surface area (Å²) in [4.78, 5) is 15.3. The van der Waals surface area contributed by atoms with E-state index in [-0.39, 0.29) is 5.78 Å². The van der Waals surface area contributed by atoms with Gasteiger partial charge in [-0.2, -0.15) is 0 Å². The van der Waals surface area contributed by atoms with E-state index >= 15 is 0 Å². The highest BCUT2D eigenvalue weighted by molar-refractivity contribution is 5.93. The highest BCUT2D eigenvalue weighted by Gasteiger charge is 2.04. The van der Waals surface area contributed by atoms with Crippen molar-refractivity contribution in [3.63, 3.8) is 0 Å². The number of Topliss-reactive ketones (excluding diaryl/α,β-unsaturated/α-hetero) is 1.